The van der Waals surface area contributed by atoms with Crippen LogP contribution in [0.4, 0.5) is 0 Å². The average molecular weight is 380 g/mol. The lowest BCUT2D eigenvalue weighted by atomic mass is 9.94. The molecule has 0 radical (unpaired) electrons. The third-order valence-electron chi connectivity index (χ3n) is 5.10. The van der Waals surface area contributed by atoms with Crippen molar-refractivity contribution in [2.24, 2.45) is 0 Å². The van der Waals surface area contributed by atoms with Crippen molar-refractivity contribution >= 4 is 10.9 Å². The molecule has 0 aliphatic carbocycles. The maximum atomic E-state index is 13.2. The molecule has 140 valence electrons. The molecule has 0 spiro atoms. The first kappa shape index (κ1) is 17.2. The summed E-state index contributed by atoms with van der Waals surface area (Å²) in [6, 6.07) is 21.7. The normalized spacial score (nSPS) is 16.6. The van der Waals surface area contributed by atoms with Gasteiger partial charge in [-0.1, -0.05) is 36.3 Å². The standard InChI is InChI=1S/C24H16N2O3/c1-29-17-11-12-21-19(15-17)24(28,14-13-16-7-3-2-4-8-16)23-25-20-10-6-5-9-18(20)22(27)26(21)23/h2-12,15,28H,1H3. The van der Waals surface area contributed by atoms with Crippen molar-refractivity contribution in [2.75, 3.05) is 7.11 Å². The first-order valence-corrected chi connectivity index (χ1v) is 9.13. The second-order valence-corrected chi connectivity index (χ2v) is 6.80. The fourth-order valence-corrected chi connectivity index (χ4v) is 3.65. The average Bonchev–Trinajstić information content (AvgIpc) is 3.02. The Balaban J connectivity index is 1.85. The highest BCUT2D eigenvalue weighted by Gasteiger charge is 2.44. The van der Waals surface area contributed by atoms with Gasteiger partial charge in [-0.3, -0.25) is 9.36 Å². The monoisotopic (exact) mass is 380 g/mol. The van der Waals surface area contributed by atoms with Crippen LogP contribution in [-0.4, -0.2) is 21.8 Å². The molecular formula is C24H16N2O3. The highest BCUT2D eigenvalue weighted by atomic mass is 16.5. The van der Waals surface area contributed by atoms with Gasteiger partial charge in [-0.2, -0.15) is 0 Å². The molecule has 0 saturated carbocycles. The predicted octanol–water partition coefficient (Wildman–Crippen LogP) is 3.00. The minimum atomic E-state index is -1.75. The number of aromatic nitrogens is 2. The van der Waals surface area contributed by atoms with E-state index < -0.39 is 5.60 Å². The van der Waals surface area contributed by atoms with E-state index in [9.17, 15) is 9.90 Å². The summed E-state index contributed by atoms with van der Waals surface area (Å²) >= 11 is 0. The zero-order valence-corrected chi connectivity index (χ0v) is 15.6. The maximum absolute atomic E-state index is 13.2. The molecule has 0 fully saturated rings. The van der Waals surface area contributed by atoms with E-state index >= 15 is 0 Å². The third-order valence-corrected chi connectivity index (χ3v) is 5.10. The van der Waals surface area contributed by atoms with Crippen LogP contribution in [0.2, 0.25) is 0 Å². The fourth-order valence-electron chi connectivity index (χ4n) is 3.65. The summed E-state index contributed by atoms with van der Waals surface area (Å²) in [6.07, 6.45) is 0. The molecule has 4 aromatic rings. The number of nitrogens with zero attached hydrogens (tertiary/aromatic N) is 2. The van der Waals surface area contributed by atoms with Gasteiger partial charge >= 0.3 is 0 Å². The molecule has 1 N–H and O–H groups in total. The van der Waals surface area contributed by atoms with Gasteiger partial charge in [-0.05, 0) is 48.4 Å². The molecular weight excluding hydrogens is 364 g/mol. The molecule has 1 atom stereocenters. The van der Waals surface area contributed by atoms with Crippen molar-refractivity contribution < 1.29 is 9.84 Å². The summed E-state index contributed by atoms with van der Waals surface area (Å²) in [6.45, 7) is 0. The largest absolute Gasteiger partial charge is 0.497 e. The van der Waals surface area contributed by atoms with Crippen LogP contribution in [0.5, 0.6) is 5.75 Å². The van der Waals surface area contributed by atoms with E-state index in [0.29, 0.717) is 27.9 Å². The van der Waals surface area contributed by atoms with Crippen LogP contribution < -0.4 is 10.3 Å². The van der Waals surface area contributed by atoms with Crippen LogP contribution in [0.15, 0.2) is 77.6 Å². The van der Waals surface area contributed by atoms with Gasteiger partial charge in [0.05, 0.1) is 23.7 Å². The van der Waals surface area contributed by atoms with Crippen molar-refractivity contribution in [2.45, 2.75) is 5.60 Å². The first-order valence-electron chi connectivity index (χ1n) is 9.13. The minimum Gasteiger partial charge on any atom is -0.497 e. The van der Waals surface area contributed by atoms with Crippen molar-refractivity contribution in [3.63, 3.8) is 0 Å². The summed E-state index contributed by atoms with van der Waals surface area (Å²) in [5.41, 5.74) is 0.307. The van der Waals surface area contributed by atoms with E-state index in [1.807, 2.05) is 36.4 Å². The Bertz CT molecular complexity index is 1380. The molecule has 5 nitrogen and oxygen atoms in total. The van der Waals surface area contributed by atoms with Crippen LogP contribution in [-0.2, 0) is 5.60 Å². The molecule has 5 heteroatoms. The lowest BCUT2D eigenvalue weighted by molar-refractivity contribution is 0.141. The van der Waals surface area contributed by atoms with Gasteiger partial charge in [0.25, 0.3) is 5.56 Å². The van der Waals surface area contributed by atoms with E-state index in [4.69, 9.17) is 4.74 Å². The quantitative estimate of drug-likeness (QED) is 0.516. The van der Waals surface area contributed by atoms with E-state index in [-0.39, 0.29) is 11.4 Å². The van der Waals surface area contributed by atoms with E-state index in [1.165, 1.54) is 4.57 Å². The number of fused-ring (bicyclic) bond motifs is 4. The second kappa shape index (κ2) is 6.33. The summed E-state index contributed by atoms with van der Waals surface area (Å²) in [5, 5.41) is 12.2. The molecule has 1 unspecified atom stereocenters. The third kappa shape index (κ3) is 2.54. The van der Waals surface area contributed by atoms with Crippen LogP contribution in [0.25, 0.3) is 16.6 Å². The number of para-hydroxylation sites is 1. The molecule has 1 aromatic heterocycles. The number of aliphatic hydroxyl groups is 1. The van der Waals surface area contributed by atoms with Crippen LogP contribution in [0.1, 0.15) is 17.0 Å². The molecule has 1 aliphatic rings. The lowest BCUT2D eigenvalue weighted by Crippen LogP contribution is -2.28. The topological polar surface area (TPSA) is 64.3 Å². The van der Waals surface area contributed by atoms with Gasteiger partial charge in [-0.15, -0.1) is 0 Å². The summed E-state index contributed by atoms with van der Waals surface area (Å²) in [4.78, 5) is 17.9. The molecule has 2 heterocycles. The summed E-state index contributed by atoms with van der Waals surface area (Å²) in [5.74, 6) is 6.73. The number of hydrogen-bond donors (Lipinski definition) is 1. The van der Waals surface area contributed by atoms with Crippen molar-refractivity contribution in [1.82, 2.24) is 9.55 Å². The lowest BCUT2D eigenvalue weighted by Gasteiger charge is -2.17. The molecule has 29 heavy (non-hydrogen) atoms. The maximum Gasteiger partial charge on any atom is 0.266 e. The van der Waals surface area contributed by atoms with Gasteiger partial charge in [0, 0.05) is 11.1 Å². The van der Waals surface area contributed by atoms with Gasteiger partial charge in [0.2, 0.25) is 5.60 Å². The highest BCUT2D eigenvalue weighted by Crippen LogP contribution is 2.41. The Labute approximate surface area is 166 Å². The number of methoxy groups -OCH3 is 1. The minimum absolute atomic E-state index is 0.188. The van der Waals surface area contributed by atoms with Crippen molar-refractivity contribution in [3.8, 4) is 23.3 Å². The fraction of sp³-hybridized carbons (Fsp3) is 0.0833. The van der Waals surface area contributed by atoms with Crippen LogP contribution in [0, 0.1) is 11.8 Å². The van der Waals surface area contributed by atoms with Crippen molar-refractivity contribution in [3.05, 3.63) is 100 Å². The van der Waals surface area contributed by atoms with Gasteiger partial charge in [0.1, 0.15) is 5.75 Å². The zero-order valence-electron chi connectivity index (χ0n) is 15.6. The Hall–Kier alpha value is -3.88. The predicted molar refractivity (Wildman–Crippen MR) is 110 cm³/mol. The molecule has 0 amide bonds. The van der Waals surface area contributed by atoms with Gasteiger partial charge in [0.15, 0.2) is 5.82 Å². The SMILES string of the molecule is COc1ccc2c(c1)C(O)(C#Cc1ccccc1)c1nc3ccccc3c(=O)n1-2. The second-order valence-electron chi connectivity index (χ2n) is 6.80. The van der Waals surface area contributed by atoms with Gasteiger partial charge < -0.3 is 9.84 Å². The smallest absolute Gasteiger partial charge is 0.266 e. The Morgan fingerprint density at radius 1 is 1.03 bits per heavy atom. The van der Waals surface area contributed by atoms with Crippen LogP contribution >= 0.6 is 0 Å². The Kier molecular flexibility index (Phi) is 3.76. The molecule has 1 aliphatic heterocycles. The zero-order chi connectivity index (χ0) is 20.0. The number of ether oxygens (including phenoxy) is 1. The number of hydrogen-bond acceptors (Lipinski definition) is 4. The molecule has 0 bridgehead atoms. The molecule has 0 saturated heterocycles. The summed E-state index contributed by atoms with van der Waals surface area (Å²) in [7, 11) is 1.55. The summed E-state index contributed by atoms with van der Waals surface area (Å²) < 4.78 is 6.78. The van der Waals surface area contributed by atoms with Crippen LogP contribution in [0.3, 0.4) is 0 Å². The number of benzene rings is 3. The Morgan fingerprint density at radius 3 is 2.59 bits per heavy atom. The molecule has 5 rings (SSSR count). The first-order chi connectivity index (χ1) is 14.1. The van der Waals surface area contributed by atoms with E-state index in [1.54, 1.807) is 43.5 Å². The Morgan fingerprint density at radius 2 is 1.79 bits per heavy atom. The van der Waals surface area contributed by atoms with Gasteiger partial charge in [-0.25, -0.2) is 4.98 Å². The molecule has 3 aromatic carbocycles. The number of rotatable bonds is 1. The van der Waals surface area contributed by atoms with E-state index in [2.05, 4.69) is 16.8 Å². The highest BCUT2D eigenvalue weighted by molar-refractivity contribution is 5.79. The van der Waals surface area contributed by atoms with Crippen molar-refractivity contribution in [1.29, 1.82) is 0 Å². The van der Waals surface area contributed by atoms with E-state index in [0.717, 1.165) is 5.56 Å².